The summed E-state index contributed by atoms with van der Waals surface area (Å²) in [5, 5.41) is 0. The van der Waals surface area contributed by atoms with E-state index in [1.54, 1.807) is 31.2 Å². The van der Waals surface area contributed by atoms with Crippen molar-refractivity contribution in [3.63, 3.8) is 0 Å². The third-order valence-electron chi connectivity index (χ3n) is 1.86. The van der Waals surface area contributed by atoms with Crippen molar-refractivity contribution >= 4 is 37.6 Å². The molecular weight excluding hydrogens is 315 g/mol. The highest BCUT2D eigenvalue weighted by molar-refractivity contribution is 9.10. The van der Waals surface area contributed by atoms with Crippen LogP contribution in [0, 0.1) is 0 Å². The minimum absolute atomic E-state index is 0.109. The van der Waals surface area contributed by atoms with Gasteiger partial charge in [0.05, 0.1) is 0 Å². The first-order valence-electron chi connectivity index (χ1n) is 4.15. The van der Waals surface area contributed by atoms with Gasteiger partial charge in [0.2, 0.25) is 10.4 Å². The maximum atomic E-state index is 13.6. The van der Waals surface area contributed by atoms with Gasteiger partial charge in [-0.2, -0.15) is 0 Å². The van der Waals surface area contributed by atoms with Crippen molar-refractivity contribution in [1.82, 2.24) is 0 Å². The Labute approximate surface area is 99.0 Å². The Hall–Kier alpha value is -0.220. The van der Waals surface area contributed by atoms with Gasteiger partial charge in [0.15, 0.2) is 0 Å². The number of hydrogen-bond donors (Lipinski definition) is 0. The number of benzene rings is 1. The van der Waals surface area contributed by atoms with E-state index in [-0.39, 0.29) is 6.42 Å². The summed E-state index contributed by atoms with van der Waals surface area (Å²) in [6.45, 7) is 1.62. The van der Waals surface area contributed by atoms with Crippen LogP contribution in [0.15, 0.2) is 28.7 Å². The molecule has 0 aromatic heterocycles. The van der Waals surface area contributed by atoms with Crippen molar-refractivity contribution in [3.8, 4) is 0 Å². The van der Waals surface area contributed by atoms with Crippen LogP contribution in [0.25, 0.3) is 0 Å². The largest absolute Gasteiger partial charge is 0.290 e. The van der Waals surface area contributed by atoms with Crippen molar-refractivity contribution < 1.29 is 9.18 Å². The molecule has 0 N–H and O–H groups in total. The van der Waals surface area contributed by atoms with E-state index in [2.05, 4.69) is 31.9 Å². The molecule has 4 heteroatoms. The van der Waals surface area contributed by atoms with Crippen LogP contribution in [0.3, 0.4) is 0 Å². The van der Waals surface area contributed by atoms with Gasteiger partial charge in [-0.1, -0.05) is 35.0 Å². The summed E-state index contributed by atoms with van der Waals surface area (Å²) >= 11 is 6.01. The molecule has 1 unspecified atom stereocenters. The summed E-state index contributed by atoms with van der Waals surface area (Å²) in [4.78, 5) is 11.6. The fraction of sp³-hybridized carbons (Fsp3) is 0.300. The van der Waals surface area contributed by atoms with E-state index >= 15 is 0 Å². The number of ketones is 1. The van der Waals surface area contributed by atoms with Gasteiger partial charge in [0, 0.05) is 10.0 Å². The molecule has 0 saturated carbocycles. The molecule has 1 aromatic rings. The molecule has 0 bridgehead atoms. The SMILES string of the molecule is CCC(F)(Br)C(=O)c1cccc(Br)c1. The molecule has 0 aliphatic heterocycles. The van der Waals surface area contributed by atoms with Crippen LogP contribution in [-0.2, 0) is 0 Å². The van der Waals surface area contributed by atoms with Crippen LogP contribution in [0.4, 0.5) is 4.39 Å². The third kappa shape index (κ3) is 2.64. The quantitative estimate of drug-likeness (QED) is 0.604. The summed E-state index contributed by atoms with van der Waals surface area (Å²) < 4.78 is 12.4. The van der Waals surface area contributed by atoms with Gasteiger partial charge in [-0.15, -0.1) is 0 Å². The first-order chi connectivity index (χ1) is 6.47. The fourth-order valence-electron chi connectivity index (χ4n) is 1.00. The Kier molecular flexibility index (Phi) is 3.84. The lowest BCUT2D eigenvalue weighted by Gasteiger charge is -2.14. The average molecular weight is 324 g/mol. The summed E-state index contributed by atoms with van der Waals surface area (Å²) in [6, 6.07) is 6.69. The number of carbonyl (C=O) groups excluding carboxylic acids is 1. The Bertz CT molecular complexity index is 350. The molecule has 0 heterocycles. The molecule has 14 heavy (non-hydrogen) atoms. The molecule has 0 radical (unpaired) electrons. The number of halogens is 3. The lowest BCUT2D eigenvalue weighted by molar-refractivity contribution is 0.0843. The van der Waals surface area contributed by atoms with Gasteiger partial charge in [-0.3, -0.25) is 4.79 Å². The molecule has 1 aromatic carbocycles. The molecule has 1 rings (SSSR count). The maximum absolute atomic E-state index is 13.6. The molecule has 1 nitrogen and oxygen atoms in total. The second-order valence-corrected chi connectivity index (χ2v) is 5.07. The Morgan fingerprint density at radius 1 is 1.57 bits per heavy atom. The van der Waals surface area contributed by atoms with Crippen LogP contribution < -0.4 is 0 Å². The van der Waals surface area contributed by atoms with E-state index in [4.69, 9.17) is 0 Å². The van der Waals surface area contributed by atoms with Crippen LogP contribution in [0.1, 0.15) is 23.7 Å². The minimum Gasteiger partial charge on any atom is -0.290 e. The topological polar surface area (TPSA) is 17.1 Å². The van der Waals surface area contributed by atoms with Crippen molar-refractivity contribution in [1.29, 1.82) is 0 Å². The molecule has 0 amide bonds. The standard InChI is InChI=1S/C10H9Br2FO/c1-2-10(12,13)9(14)7-4-3-5-8(11)6-7/h3-6H,2H2,1H3. The van der Waals surface area contributed by atoms with Crippen molar-refractivity contribution in [2.45, 2.75) is 17.9 Å². The summed E-state index contributed by atoms with van der Waals surface area (Å²) in [6.07, 6.45) is 0.109. The molecule has 0 aliphatic rings. The predicted molar refractivity (Wildman–Crippen MR) is 61.5 cm³/mol. The van der Waals surface area contributed by atoms with E-state index in [0.29, 0.717) is 5.56 Å². The zero-order valence-electron chi connectivity index (χ0n) is 7.56. The van der Waals surface area contributed by atoms with Gasteiger partial charge in [0.1, 0.15) is 0 Å². The van der Waals surface area contributed by atoms with Crippen molar-refractivity contribution in [3.05, 3.63) is 34.3 Å². The molecule has 0 aliphatic carbocycles. The number of rotatable bonds is 3. The summed E-state index contributed by atoms with van der Waals surface area (Å²) in [5.74, 6) is -0.540. The highest BCUT2D eigenvalue weighted by Crippen LogP contribution is 2.29. The summed E-state index contributed by atoms with van der Waals surface area (Å²) in [5.41, 5.74) is 0.362. The van der Waals surface area contributed by atoms with Crippen LogP contribution >= 0.6 is 31.9 Å². The molecule has 76 valence electrons. The smallest absolute Gasteiger partial charge is 0.226 e. The Balaban J connectivity index is 3.01. The first kappa shape index (κ1) is 11.9. The molecule has 0 saturated heterocycles. The molecule has 1 atom stereocenters. The predicted octanol–water partition coefficient (Wildman–Crippen LogP) is 4.10. The van der Waals surface area contributed by atoms with Crippen LogP contribution in [0.5, 0.6) is 0 Å². The minimum atomic E-state index is -1.95. The van der Waals surface area contributed by atoms with Crippen LogP contribution in [-0.4, -0.2) is 10.4 Å². The molecule has 0 fully saturated rings. The average Bonchev–Trinajstić information content (AvgIpc) is 2.16. The number of alkyl halides is 2. The third-order valence-corrected chi connectivity index (χ3v) is 3.28. The highest BCUT2D eigenvalue weighted by atomic mass is 79.9. The zero-order chi connectivity index (χ0) is 10.8. The lowest BCUT2D eigenvalue weighted by Crippen LogP contribution is -2.25. The van der Waals surface area contributed by atoms with Crippen molar-refractivity contribution in [2.75, 3.05) is 0 Å². The summed E-state index contributed by atoms with van der Waals surface area (Å²) in [7, 11) is 0. The van der Waals surface area contributed by atoms with E-state index in [1.165, 1.54) is 0 Å². The maximum Gasteiger partial charge on any atom is 0.226 e. The van der Waals surface area contributed by atoms with E-state index in [9.17, 15) is 9.18 Å². The second kappa shape index (κ2) is 4.53. The zero-order valence-corrected chi connectivity index (χ0v) is 10.7. The van der Waals surface area contributed by atoms with Crippen LogP contribution in [0.2, 0.25) is 0 Å². The van der Waals surface area contributed by atoms with E-state index < -0.39 is 10.4 Å². The van der Waals surface area contributed by atoms with Gasteiger partial charge in [0.25, 0.3) is 0 Å². The Morgan fingerprint density at radius 2 is 2.21 bits per heavy atom. The monoisotopic (exact) mass is 322 g/mol. The first-order valence-corrected chi connectivity index (χ1v) is 5.74. The normalized spacial score (nSPS) is 14.9. The van der Waals surface area contributed by atoms with Crippen molar-refractivity contribution in [2.24, 2.45) is 0 Å². The van der Waals surface area contributed by atoms with E-state index in [0.717, 1.165) is 4.47 Å². The van der Waals surface area contributed by atoms with Gasteiger partial charge < -0.3 is 0 Å². The molecule has 0 spiro atoms. The number of Topliss-reactive ketones (excluding diaryl/α,β-unsaturated/α-hetero) is 1. The fourth-order valence-corrected chi connectivity index (χ4v) is 1.63. The van der Waals surface area contributed by atoms with Gasteiger partial charge in [-0.05, 0) is 34.5 Å². The molecular formula is C10H9Br2FO. The second-order valence-electron chi connectivity index (χ2n) is 2.90. The lowest BCUT2D eigenvalue weighted by atomic mass is 10.1. The highest BCUT2D eigenvalue weighted by Gasteiger charge is 2.33. The van der Waals surface area contributed by atoms with Gasteiger partial charge in [-0.25, -0.2) is 4.39 Å². The Morgan fingerprint density at radius 3 is 2.71 bits per heavy atom. The number of carbonyl (C=O) groups is 1. The number of hydrogen-bond acceptors (Lipinski definition) is 1. The van der Waals surface area contributed by atoms with E-state index in [1.807, 2.05) is 0 Å². The van der Waals surface area contributed by atoms with Gasteiger partial charge >= 0.3 is 0 Å².